The van der Waals surface area contributed by atoms with Gasteiger partial charge >= 0.3 is 5.97 Å². The lowest BCUT2D eigenvalue weighted by atomic mass is 10.1. The third-order valence-corrected chi connectivity index (χ3v) is 3.30. The maximum absolute atomic E-state index is 10.6. The zero-order valence-corrected chi connectivity index (χ0v) is 10.2. The van der Waals surface area contributed by atoms with Gasteiger partial charge in [0.05, 0.1) is 11.6 Å². The van der Waals surface area contributed by atoms with E-state index in [2.05, 4.69) is 11.0 Å². The fraction of sp³-hybridized carbons (Fsp3) is 0.429. The van der Waals surface area contributed by atoms with Crippen molar-refractivity contribution < 1.29 is 9.90 Å². The van der Waals surface area contributed by atoms with Crippen LogP contribution in [0.25, 0.3) is 0 Å². The number of rotatable bonds is 4. The first-order chi connectivity index (χ1) is 8.67. The summed E-state index contributed by atoms with van der Waals surface area (Å²) in [5.41, 5.74) is 1.79. The molecule has 0 aliphatic carbocycles. The second kappa shape index (κ2) is 5.65. The zero-order chi connectivity index (χ0) is 13.0. The van der Waals surface area contributed by atoms with Crippen LogP contribution in [0.5, 0.6) is 0 Å². The van der Waals surface area contributed by atoms with E-state index in [0.29, 0.717) is 5.56 Å². The van der Waals surface area contributed by atoms with Crippen LogP contribution in [-0.2, 0) is 11.3 Å². The van der Waals surface area contributed by atoms with Crippen molar-refractivity contribution in [3.8, 4) is 6.07 Å². The molecule has 4 nitrogen and oxygen atoms in total. The Kier molecular flexibility index (Phi) is 3.96. The van der Waals surface area contributed by atoms with Crippen LogP contribution in [-0.4, -0.2) is 29.1 Å². The van der Waals surface area contributed by atoms with Crippen LogP contribution in [0.1, 0.15) is 24.0 Å². The van der Waals surface area contributed by atoms with Gasteiger partial charge in [-0.2, -0.15) is 5.26 Å². The van der Waals surface area contributed by atoms with E-state index in [0.717, 1.165) is 31.6 Å². The predicted octanol–water partition coefficient (Wildman–Crippen LogP) is 1.85. The smallest absolute Gasteiger partial charge is 0.303 e. The number of carboxylic acid groups (broad SMARTS) is 1. The number of hydrogen-bond donors (Lipinski definition) is 1. The molecule has 1 N–H and O–H groups in total. The fourth-order valence-electron chi connectivity index (χ4n) is 2.47. The van der Waals surface area contributed by atoms with Crippen molar-refractivity contribution in [2.75, 3.05) is 13.1 Å². The van der Waals surface area contributed by atoms with Gasteiger partial charge in [0.2, 0.25) is 0 Å². The molecule has 2 rings (SSSR count). The van der Waals surface area contributed by atoms with Crippen molar-refractivity contribution in [1.29, 1.82) is 5.26 Å². The molecular weight excluding hydrogens is 228 g/mol. The highest BCUT2D eigenvalue weighted by Crippen LogP contribution is 2.21. The van der Waals surface area contributed by atoms with Crippen LogP contribution in [0.15, 0.2) is 24.3 Å². The average molecular weight is 244 g/mol. The molecule has 18 heavy (non-hydrogen) atoms. The molecule has 0 amide bonds. The second-order valence-electron chi connectivity index (χ2n) is 4.80. The highest BCUT2D eigenvalue weighted by Gasteiger charge is 2.24. The molecule has 1 heterocycles. The van der Waals surface area contributed by atoms with Gasteiger partial charge in [-0.05, 0) is 36.6 Å². The molecule has 0 bridgehead atoms. The third-order valence-electron chi connectivity index (χ3n) is 3.30. The number of aliphatic carboxylic acids is 1. The van der Waals surface area contributed by atoms with E-state index in [9.17, 15) is 4.79 Å². The van der Waals surface area contributed by atoms with Gasteiger partial charge < -0.3 is 5.11 Å². The summed E-state index contributed by atoms with van der Waals surface area (Å²) in [6.07, 6.45) is 1.21. The molecule has 1 unspecified atom stereocenters. The molecule has 1 saturated heterocycles. The van der Waals surface area contributed by atoms with Crippen LogP contribution in [0, 0.1) is 17.2 Å². The molecule has 1 fully saturated rings. The van der Waals surface area contributed by atoms with Gasteiger partial charge in [0.25, 0.3) is 0 Å². The van der Waals surface area contributed by atoms with Crippen LogP contribution in [0.2, 0.25) is 0 Å². The average Bonchev–Trinajstić information content (AvgIpc) is 2.76. The van der Waals surface area contributed by atoms with Gasteiger partial charge in [-0.25, -0.2) is 0 Å². The first kappa shape index (κ1) is 12.6. The molecule has 0 spiro atoms. The summed E-state index contributed by atoms with van der Waals surface area (Å²) in [6, 6.07) is 9.71. The van der Waals surface area contributed by atoms with E-state index in [-0.39, 0.29) is 12.3 Å². The maximum Gasteiger partial charge on any atom is 0.303 e. The number of likely N-dealkylation sites (tertiary alicyclic amines) is 1. The zero-order valence-electron chi connectivity index (χ0n) is 10.2. The fourth-order valence-corrected chi connectivity index (χ4v) is 2.47. The highest BCUT2D eigenvalue weighted by atomic mass is 16.4. The van der Waals surface area contributed by atoms with E-state index in [4.69, 9.17) is 10.4 Å². The predicted molar refractivity (Wildman–Crippen MR) is 66.8 cm³/mol. The molecular formula is C14H16N2O2. The van der Waals surface area contributed by atoms with E-state index >= 15 is 0 Å². The van der Waals surface area contributed by atoms with Crippen molar-refractivity contribution in [3.05, 3.63) is 35.4 Å². The molecule has 1 aromatic carbocycles. The molecule has 4 heteroatoms. The maximum atomic E-state index is 10.6. The van der Waals surface area contributed by atoms with Crippen molar-refractivity contribution in [3.63, 3.8) is 0 Å². The Morgan fingerprint density at radius 1 is 1.56 bits per heavy atom. The number of carbonyl (C=O) groups is 1. The number of carboxylic acids is 1. The van der Waals surface area contributed by atoms with E-state index in [1.54, 1.807) is 6.07 Å². The Morgan fingerprint density at radius 3 is 3.11 bits per heavy atom. The number of benzene rings is 1. The Labute approximate surface area is 106 Å². The lowest BCUT2D eigenvalue weighted by Gasteiger charge is -2.15. The summed E-state index contributed by atoms with van der Waals surface area (Å²) in [4.78, 5) is 12.9. The quantitative estimate of drug-likeness (QED) is 0.878. The molecule has 1 aliphatic rings. The Bertz CT molecular complexity index is 479. The van der Waals surface area contributed by atoms with E-state index in [1.165, 1.54) is 0 Å². The summed E-state index contributed by atoms with van der Waals surface area (Å²) < 4.78 is 0. The second-order valence-corrected chi connectivity index (χ2v) is 4.80. The van der Waals surface area contributed by atoms with Crippen LogP contribution < -0.4 is 0 Å². The van der Waals surface area contributed by atoms with Crippen molar-refractivity contribution in [2.45, 2.75) is 19.4 Å². The molecule has 94 valence electrons. The van der Waals surface area contributed by atoms with Crippen LogP contribution in [0.4, 0.5) is 0 Å². The monoisotopic (exact) mass is 244 g/mol. The number of hydrogen-bond acceptors (Lipinski definition) is 3. The molecule has 0 aromatic heterocycles. The topological polar surface area (TPSA) is 64.3 Å². The Hall–Kier alpha value is -1.86. The lowest BCUT2D eigenvalue weighted by Crippen LogP contribution is -2.20. The first-order valence-electron chi connectivity index (χ1n) is 6.10. The highest BCUT2D eigenvalue weighted by molar-refractivity contribution is 5.67. The van der Waals surface area contributed by atoms with Crippen molar-refractivity contribution in [2.24, 2.45) is 5.92 Å². The van der Waals surface area contributed by atoms with Gasteiger partial charge in [-0.1, -0.05) is 12.1 Å². The van der Waals surface area contributed by atoms with Gasteiger partial charge in [0.15, 0.2) is 0 Å². The Balaban J connectivity index is 1.91. The first-order valence-corrected chi connectivity index (χ1v) is 6.10. The standard InChI is InChI=1S/C14H16N2O2/c15-8-11-2-1-3-12(6-11)9-16-5-4-13(10-16)7-14(17)18/h1-3,6,13H,4-5,7,9-10H2,(H,17,18). The third kappa shape index (κ3) is 3.31. The van der Waals surface area contributed by atoms with Gasteiger partial charge in [-0.3, -0.25) is 9.69 Å². The van der Waals surface area contributed by atoms with Gasteiger partial charge in [0.1, 0.15) is 0 Å². The Morgan fingerprint density at radius 2 is 2.39 bits per heavy atom. The van der Waals surface area contributed by atoms with Crippen LogP contribution >= 0.6 is 0 Å². The molecule has 0 radical (unpaired) electrons. The molecule has 1 atom stereocenters. The van der Waals surface area contributed by atoms with Crippen molar-refractivity contribution in [1.82, 2.24) is 4.90 Å². The summed E-state index contributed by atoms with van der Waals surface area (Å²) >= 11 is 0. The summed E-state index contributed by atoms with van der Waals surface area (Å²) in [7, 11) is 0. The van der Waals surface area contributed by atoms with E-state index < -0.39 is 5.97 Å². The molecule has 1 aliphatic heterocycles. The molecule has 1 aromatic rings. The summed E-state index contributed by atoms with van der Waals surface area (Å²) in [6.45, 7) is 2.57. The minimum absolute atomic E-state index is 0.259. The van der Waals surface area contributed by atoms with Crippen molar-refractivity contribution >= 4 is 5.97 Å². The molecule has 0 saturated carbocycles. The minimum atomic E-state index is -0.715. The number of nitrogens with zero attached hydrogens (tertiary/aromatic N) is 2. The number of nitriles is 1. The SMILES string of the molecule is N#Cc1cccc(CN2CCC(CC(=O)O)C2)c1. The largest absolute Gasteiger partial charge is 0.481 e. The normalized spacial score (nSPS) is 19.6. The lowest BCUT2D eigenvalue weighted by molar-refractivity contribution is -0.138. The summed E-state index contributed by atoms with van der Waals surface area (Å²) in [5, 5.41) is 17.6. The minimum Gasteiger partial charge on any atom is -0.481 e. The van der Waals surface area contributed by atoms with Gasteiger partial charge in [0, 0.05) is 19.5 Å². The van der Waals surface area contributed by atoms with Gasteiger partial charge in [-0.15, -0.1) is 0 Å². The van der Waals surface area contributed by atoms with Crippen LogP contribution in [0.3, 0.4) is 0 Å². The van der Waals surface area contributed by atoms with E-state index in [1.807, 2.05) is 18.2 Å². The summed E-state index contributed by atoms with van der Waals surface area (Å²) in [5.74, 6) is -0.449.